The number of hydrogen-bond acceptors (Lipinski definition) is 3. The number of carbonyl (C=O) groups is 1. The molecule has 104 valence electrons. The molecule has 1 fully saturated rings. The first-order chi connectivity index (χ1) is 9.01. The quantitative estimate of drug-likeness (QED) is 0.779. The number of aromatic hydroxyl groups is 1. The lowest BCUT2D eigenvalue weighted by atomic mass is 9.76. The molecule has 0 radical (unpaired) electrons. The maximum atomic E-state index is 13.5. The van der Waals surface area contributed by atoms with Crippen LogP contribution in [0.5, 0.6) is 5.75 Å². The zero-order chi connectivity index (χ0) is 14.0. The number of rotatable bonds is 4. The van der Waals surface area contributed by atoms with E-state index >= 15 is 0 Å². The predicted octanol–water partition coefficient (Wildman–Crippen LogP) is 1.81. The summed E-state index contributed by atoms with van der Waals surface area (Å²) in [5, 5.41) is 21.4. The highest BCUT2D eigenvalue weighted by molar-refractivity contribution is 5.95. The molecule has 1 aliphatic rings. The molecule has 0 spiro atoms. The van der Waals surface area contributed by atoms with Gasteiger partial charge in [0.1, 0.15) is 11.6 Å². The van der Waals surface area contributed by atoms with Crippen LogP contribution in [0.15, 0.2) is 18.2 Å². The van der Waals surface area contributed by atoms with Crippen molar-refractivity contribution in [2.75, 3.05) is 0 Å². The van der Waals surface area contributed by atoms with Gasteiger partial charge in [-0.05, 0) is 43.4 Å². The number of halogens is 1. The summed E-state index contributed by atoms with van der Waals surface area (Å²) < 4.78 is 13.5. The van der Waals surface area contributed by atoms with E-state index in [0.717, 1.165) is 18.6 Å². The Morgan fingerprint density at radius 3 is 2.79 bits per heavy atom. The number of benzene rings is 1. The molecule has 19 heavy (non-hydrogen) atoms. The van der Waals surface area contributed by atoms with Crippen LogP contribution in [0.2, 0.25) is 0 Å². The summed E-state index contributed by atoms with van der Waals surface area (Å²) in [4.78, 5) is 12.0. The third-order valence-corrected chi connectivity index (χ3v) is 3.67. The summed E-state index contributed by atoms with van der Waals surface area (Å²) in [5.41, 5.74) is -0.154. The Kier molecular flexibility index (Phi) is 4.04. The molecule has 1 aromatic carbocycles. The maximum absolute atomic E-state index is 13.5. The van der Waals surface area contributed by atoms with Gasteiger partial charge in [-0.3, -0.25) is 4.79 Å². The van der Waals surface area contributed by atoms with Crippen LogP contribution in [0.3, 0.4) is 0 Å². The third-order valence-electron chi connectivity index (χ3n) is 3.67. The monoisotopic (exact) mass is 267 g/mol. The van der Waals surface area contributed by atoms with Gasteiger partial charge in [-0.2, -0.15) is 0 Å². The van der Waals surface area contributed by atoms with Crippen molar-refractivity contribution in [2.45, 2.75) is 38.3 Å². The van der Waals surface area contributed by atoms with Gasteiger partial charge in [-0.1, -0.05) is 6.92 Å². The Bertz CT molecular complexity index is 472. The van der Waals surface area contributed by atoms with Crippen LogP contribution < -0.4 is 5.32 Å². The van der Waals surface area contributed by atoms with E-state index in [1.165, 1.54) is 6.07 Å². The Hall–Kier alpha value is -1.62. The molecule has 1 aromatic rings. The van der Waals surface area contributed by atoms with Crippen LogP contribution in [0.1, 0.15) is 36.5 Å². The van der Waals surface area contributed by atoms with E-state index in [1.54, 1.807) is 0 Å². The number of amides is 1. The second kappa shape index (κ2) is 5.57. The van der Waals surface area contributed by atoms with Gasteiger partial charge in [-0.15, -0.1) is 0 Å². The summed E-state index contributed by atoms with van der Waals surface area (Å²) in [5.74, 6) is -1.08. The van der Waals surface area contributed by atoms with Gasteiger partial charge < -0.3 is 15.5 Å². The molecule has 3 N–H and O–H groups in total. The van der Waals surface area contributed by atoms with Crippen LogP contribution in [0, 0.1) is 11.7 Å². The maximum Gasteiger partial charge on any atom is 0.254 e. The number of aliphatic hydroxyl groups excluding tert-OH is 1. The zero-order valence-electron chi connectivity index (χ0n) is 10.8. The number of phenols is 1. The molecule has 5 heteroatoms. The Labute approximate surface area is 111 Å². The van der Waals surface area contributed by atoms with Crippen molar-refractivity contribution in [1.29, 1.82) is 0 Å². The summed E-state index contributed by atoms with van der Waals surface area (Å²) >= 11 is 0. The number of hydrogen-bond donors (Lipinski definition) is 3. The third kappa shape index (κ3) is 3.04. The lowest BCUT2D eigenvalue weighted by Crippen LogP contribution is -2.46. The van der Waals surface area contributed by atoms with Crippen molar-refractivity contribution in [1.82, 2.24) is 5.32 Å². The fraction of sp³-hybridized carbons (Fsp3) is 0.500. The van der Waals surface area contributed by atoms with Crippen molar-refractivity contribution in [3.8, 4) is 5.75 Å². The molecule has 4 nitrogen and oxygen atoms in total. The minimum absolute atomic E-state index is 0.0716. The summed E-state index contributed by atoms with van der Waals surface area (Å²) in [6.07, 6.45) is 1.78. The van der Waals surface area contributed by atoms with E-state index in [9.17, 15) is 19.4 Å². The van der Waals surface area contributed by atoms with Crippen LogP contribution in [-0.2, 0) is 0 Å². The van der Waals surface area contributed by atoms with Gasteiger partial charge in [-0.25, -0.2) is 4.39 Å². The predicted molar refractivity (Wildman–Crippen MR) is 68.3 cm³/mol. The Morgan fingerprint density at radius 1 is 1.53 bits per heavy atom. The number of carbonyl (C=O) groups excluding carboxylic acids is 1. The SMILES string of the molecule is CC[C@@H](NC(=O)c1cc(O)ccc1F)C1CC(O)C1. The average molecular weight is 267 g/mol. The lowest BCUT2D eigenvalue weighted by Gasteiger charge is -2.37. The first-order valence-corrected chi connectivity index (χ1v) is 6.48. The highest BCUT2D eigenvalue weighted by Crippen LogP contribution is 2.31. The fourth-order valence-electron chi connectivity index (χ4n) is 2.45. The molecule has 0 saturated heterocycles. The minimum atomic E-state index is -0.654. The van der Waals surface area contributed by atoms with Crippen molar-refractivity contribution in [3.63, 3.8) is 0 Å². The summed E-state index contributed by atoms with van der Waals surface area (Å²) in [7, 11) is 0. The molecule has 1 saturated carbocycles. The van der Waals surface area contributed by atoms with Gasteiger partial charge in [0.05, 0.1) is 11.7 Å². The molecule has 1 amide bonds. The highest BCUT2D eigenvalue weighted by atomic mass is 19.1. The van der Waals surface area contributed by atoms with Crippen LogP contribution >= 0.6 is 0 Å². The first kappa shape index (κ1) is 13.8. The number of nitrogens with one attached hydrogen (secondary N) is 1. The molecule has 1 atom stereocenters. The van der Waals surface area contributed by atoms with E-state index in [-0.39, 0.29) is 29.4 Å². The molecular weight excluding hydrogens is 249 g/mol. The van der Waals surface area contributed by atoms with Gasteiger partial charge >= 0.3 is 0 Å². The van der Waals surface area contributed by atoms with Crippen LogP contribution in [0.25, 0.3) is 0 Å². The van der Waals surface area contributed by atoms with Crippen molar-refractivity contribution < 1.29 is 19.4 Å². The van der Waals surface area contributed by atoms with Crippen molar-refractivity contribution >= 4 is 5.91 Å². The van der Waals surface area contributed by atoms with E-state index < -0.39 is 11.7 Å². The lowest BCUT2D eigenvalue weighted by molar-refractivity contribution is 0.0232. The van der Waals surface area contributed by atoms with E-state index in [2.05, 4.69) is 5.32 Å². The molecule has 0 aromatic heterocycles. The second-order valence-electron chi connectivity index (χ2n) is 5.04. The number of aliphatic hydroxyl groups is 1. The molecule has 1 aliphatic carbocycles. The first-order valence-electron chi connectivity index (χ1n) is 6.48. The topological polar surface area (TPSA) is 69.6 Å². The molecular formula is C14H18FNO3. The van der Waals surface area contributed by atoms with E-state index in [4.69, 9.17) is 0 Å². The molecule has 0 heterocycles. The standard InChI is InChI=1S/C14H18FNO3/c1-2-13(8-5-10(18)6-8)16-14(19)11-7-9(17)3-4-12(11)15/h3-4,7-8,10,13,17-18H,2,5-6H2,1H3,(H,16,19)/t8?,10?,13-/m1/s1. The summed E-state index contributed by atoms with van der Waals surface area (Å²) in [6, 6.07) is 3.31. The smallest absolute Gasteiger partial charge is 0.254 e. The Morgan fingerprint density at radius 2 is 2.21 bits per heavy atom. The molecule has 2 rings (SSSR count). The number of phenolic OH excluding ortho intramolecular Hbond substituents is 1. The Balaban J connectivity index is 2.05. The fourth-order valence-corrected chi connectivity index (χ4v) is 2.45. The highest BCUT2D eigenvalue weighted by Gasteiger charge is 2.34. The summed E-state index contributed by atoms with van der Waals surface area (Å²) in [6.45, 7) is 1.94. The van der Waals surface area contributed by atoms with Gasteiger partial charge in [0.15, 0.2) is 0 Å². The van der Waals surface area contributed by atoms with Crippen molar-refractivity contribution in [3.05, 3.63) is 29.6 Å². The molecule has 0 bridgehead atoms. The average Bonchev–Trinajstić information content (AvgIpc) is 2.35. The minimum Gasteiger partial charge on any atom is -0.508 e. The van der Waals surface area contributed by atoms with E-state index in [1.807, 2.05) is 6.92 Å². The van der Waals surface area contributed by atoms with E-state index in [0.29, 0.717) is 12.8 Å². The largest absolute Gasteiger partial charge is 0.508 e. The molecule has 0 unspecified atom stereocenters. The van der Waals surface area contributed by atoms with Crippen LogP contribution in [0.4, 0.5) is 4.39 Å². The second-order valence-corrected chi connectivity index (χ2v) is 5.04. The van der Waals surface area contributed by atoms with Gasteiger partial charge in [0.2, 0.25) is 0 Å². The van der Waals surface area contributed by atoms with Crippen LogP contribution in [-0.4, -0.2) is 28.3 Å². The normalized spacial score (nSPS) is 23.5. The zero-order valence-corrected chi connectivity index (χ0v) is 10.8. The van der Waals surface area contributed by atoms with Gasteiger partial charge in [0, 0.05) is 6.04 Å². The molecule has 0 aliphatic heterocycles. The van der Waals surface area contributed by atoms with Crippen molar-refractivity contribution in [2.24, 2.45) is 5.92 Å². The van der Waals surface area contributed by atoms with Gasteiger partial charge in [0.25, 0.3) is 5.91 Å².